The Kier molecular flexibility index (Phi) is 11.1. The summed E-state index contributed by atoms with van der Waals surface area (Å²) in [6.45, 7) is 7.29. The summed E-state index contributed by atoms with van der Waals surface area (Å²) in [5.41, 5.74) is 4.62. The monoisotopic (exact) mass is 688 g/mol. The fraction of sp³-hybridized carbons (Fsp3) is 0.372. The molecule has 1 aliphatic carbocycles. The van der Waals surface area contributed by atoms with Crippen LogP contribution in [0.3, 0.4) is 0 Å². The van der Waals surface area contributed by atoms with E-state index in [1.165, 1.54) is 5.56 Å². The second kappa shape index (κ2) is 15.8. The van der Waals surface area contributed by atoms with Crippen molar-refractivity contribution in [2.45, 2.75) is 89.8 Å². The molecule has 2 N–H and O–H groups in total. The maximum atomic E-state index is 14.2. The molecule has 1 fully saturated rings. The molecule has 6 rings (SSSR count). The predicted octanol–water partition coefficient (Wildman–Crippen LogP) is 8.17. The zero-order valence-electron chi connectivity index (χ0n) is 29.8. The van der Waals surface area contributed by atoms with Crippen molar-refractivity contribution in [3.8, 4) is 17.2 Å². The predicted molar refractivity (Wildman–Crippen MR) is 197 cm³/mol. The molecule has 1 heterocycles. The molecule has 0 bridgehead atoms. The minimum Gasteiger partial charge on any atom is -0.489 e. The molecule has 2 aliphatic rings. The van der Waals surface area contributed by atoms with Crippen LogP contribution in [0.15, 0.2) is 97.1 Å². The van der Waals surface area contributed by atoms with Crippen LogP contribution in [0.5, 0.6) is 17.2 Å². The lowest BCUT2D eigenvalue weighted by atomic mass is 9.87. The number of carboxylic acids is 1. The number of ether oxygens (including phenoxy) is 2. The van der Waals surface area contributed by atoms with Crippen LogP contribution in [0.4, 0.5) is 0 Å². The Morgan fingerprint density at radius 1 is 0.843 bits per heavy atom. The summed E-state index contributed by atoms with van der Waals surface area (Å²) in [5, 5.41) is 13.0. The third-order valence-electron chi connectivity index (χ3n) is 10.0. The first-order valence-electron chi connectivity index (χ1n) is 18.0. The van der Waals surface area contributed by atoms with Gasteiger partial charge in [0.25, 0.3) is 0 Å². The van der Waals surface area contributed by atoms with Gasteiger partial charge in [-0.05, 0) is 94.8 Å². The van der Waals surface area contributed by atoms with Crippen LogP contribution < -0.4 is 14.8 Å². The summed E-state index contributed by atoms with van der Waals surface area (Å²) in [7, 11) is 0. The SMILES string of the molecule is CC(C)(C)c1ccc(Oc2ccc3c(c2)CCN(C(=O)CC2CCCC2)C3C(=O)N[C@@H](Cc2ccc(OCc3ccccc3)cc2)C(=O)O)cc1. The molecule has 2 atom stereocenters. The lowest BCUT2D eigenvalue weighted by Crippen LogP contribution is -2.51. The summed E-state index contributed by atoms with van der Waals surface area (Å²) in [6.07, 6.45) is 5.31. The van der Waals surface area contributed by atoms with Gasteiger partial charge in [0.2, 0.25) is 11.8 Å². The summed E-state index contributed by atoms with van der Waals surface area (Å²) in [5.74, 6) is 0.618. The normalized spacial score (nSPS) is 16.6. The Bertz CT molecular complexity index is 1810. The van der Waals surface area contributed by atoms with E-state index in [-0.39, 0.29) is 17.7 Å². The molecule has 1 unspecified atom stereocenters. The second-order valence-electron chi connectivity index (χ2n) is 14.9. The number of carboxylic acid groups (broad SMARTS) is 1. The molecule has 8 nitrogen and oxygen atoms in total. The van der Waals surface area contributed by atoms with Crippen molar-refractivity contribution >= 4 is 17.8 Å². The van der Waals surface area contributed by atoms with E-state index in [9.17, 15) is 19.5 Å². The highest BCUT2D eigenvalue weighted by Gasteiger charge is 2.38. The fourth-order valence-electron chi connectivity index (χ4n) is 7.11. The number of aliphatic carboxylic acids is 1. The topological polar surface area (TPSA) is 105 Å². The molecule has 266 valence electrons. The first kappa shape index (κ1) is 35.7. The zero-order chi connectivity index (χ0) is 36.0. The zero-order valence-corrected chi connectivity index (χ0v) is 29.8. The first-order valence-corrected chi connectivity index (χ1v) is 18.0. The Morgan fingerprint density at radius 2 is 1.51 bits per heavy atom. The van der Waals surface area contributed by atoms with Crippen LogP contribution in [-0.2, 0) is 39.2 Å². The number of benzene rings is 4. The van der Waals surface area contributed by atoms with Crippen LogP contribution >= 0.6 is 0 Å². The minimum atomic E-state index is -1.19. The number of nitrogens with one attached hydrogen (secondary N) is 1. The Morgan fingerprint density at radius 3 is 2.18 bits per heavy atom. The van der Waals surface area contributed by atoms with Gasteiger partial charge in [0.05, 0.1) is 0 Å². The van der Waals surface area contributed by atoms with Gasteiger partial charge < -0.3 is 24.8 Å². The van der Waals surface area contributed by atoms with Gasteiger partial charge in [0, 0.05) is 19.4 Å². The van der Waals surface area contributed by atoms with E-state index in [1.807, 2.05) is 72.8 Å². The maximum Gasteiger partial charge on any atom is 0.326 e. The highest BCUT2D eigenvalue weighted by molar-refractivity contribution is 5.92. The fourth-order valence-corrected chi connectivity index (χ4v) is 7.11. The molecular formula is C43H48N2O6. The number of hydrogen-bond acceptors (Lipinski definition) is 5. The average molecular weight is 689 g/mol. The summed E-state index contributed by atoms with van der Waals surface area (Å²) in [6, 6.07) is 28.6. The number of carbonyl (C=O) groups excluding carboxylic acids is 2. The maximum absolute atomic E-state index is 14.2. The standard InChI is InChI=1S/C43H48N2O6/c1-43(2,3)33-15-19-35(20-16-33)51-36-21-22-37-32(27-36)23-24-45(39(46)26-29-9-7-8-10-29)40(37)41(47)44-38(42(48)49)25-30-13-17-34(18-14-30)50-28-31-11-5-4-6-12-31/h4-6,11-22,27,29,38,40H,7-10,23-26,28H2,1-3H3,(H,44,47)(H,48,49)/t38-,40?/m0/s1. The Labute approximate surface area is 300 Å². The number of rotatable bonds is 12. The van der Waals surface area contributed by atoms with Crippen molar-refractivity contribution in [1.82, 2.24) is 10.2 Å². The molecular weight excluding hydrogens is 640 g/mol. The van der Waals surface area contributed by atoms with Crippen molar-refractivity contribution in [2.24, 2.45) is 5.92 Å². The largest absolute Gasteiger partial charge is 0.489 e. The van der Waals surface area contributed by atoms with Gasteiger partial charge in [0.15, 0.2) is 0 Å². The lowest BCUT2D eigenvalue weighted by Gasteiger charge is -2.37. The molecule has 4 aromatic carbocycles. The number of hydrogen-bond donors (Lipinski definition) is 2. The van der Waals surface area contributed by atoms with Crippen molar-refractivity contribution < 1.29 is 29.0 Å². The number of nitrogens with zero attached hydrogens (tertiary/aromatic N) is 1. The minimum absolute atomic E-state index is 0.0306. The average Bonchev–Trinajstić information content (AvgIpc) is 3.63. The quantitative estimate of drug-likeness (QED) is 0.156. The molecule has 4 aromatic rings. The van der Waals surface area contributed by atoms with Gasteiger partial charge in [0.1, 0.15) is 35.9 Å². The van der Waals surface area contributed by atoms with Crippen molar-refractivity contribution in [3.05, 3.63) is 125 Å². The molecule has 0 spiro atoms. The third kappa shape index (κ3) is 9.17. The number of amides is 2. The molecule has 1 saturated carbocycles. The van der Waals surface area contributed by atoms with Gasteiger partial charge in [-0.15, -0.1) is 0 Å². The third-order valence-corrected chi connectivity index (χ3v) is 10.0. The van der Waals surface area contributed by atoms with Crippen molar-refractivity contribution in [1.29, 1.82) is 0 Å². The van der Waals surface area contributed by atoms with Gasteiger partial charge in [-0.25, -0.2) is 4.79 Å². The van der Waals surface area contributed by atoms with E-state index in [1.54, 1.807) is 17.0 Å². The molecule has 1 aliphatic heterocycles. The van der Waals surface area contributed by atoms with E-state index in [0.29, 0.717) is 54.7 Å². The molecule has 0 aromatic heterocycles. The van der Waals surface area contributed by atoms with E-state index in [4.69, 9.17) is 9.47 Å². The molecule has 8 heteroatoms. The molecule has 2 amide bonds. The number of fused-ring (bicyclic) bond motifs is 1. The highest BCUT2D eigenvalue weighted by atomic mass is 16.5. The van der Waals surface area contributed by atoms with E-state index in [2.05, 4.69) is 38.2 Å². The summed E-state index contributed by atoms with van der Waals surface area (Å²) in [4.78, 5) is 42.1. The van der Waals surface area contributed by atoms with Crippen LogP contribution in [-0.4, -0.2) is 40.4 Å². The van der Waals surface area contributed by atoms with Crippen LogP contribution in [0.2, 0.25) is 0 Å². The van der Waals surface area contributed by atoms with E-state index >= 15 is 0 Å². The highest BCUT2D eigenvalue weighted by Crippen LogP contribution is 2.36. The molecule has 0 radical (unpaired) electrons. The van der Waals surface area contributed by atoms with Gasteiger partial charge in [-0.2, -0.15) is 0 Å². The van der Waals surface area contributed by atoms with Crippen LogP contribution in [0, 0.1) is 5.92 Å². The van der Waals surface area contributed by atoms with Crippen LogP contribution in [0.1, 0.15) is 86.7 Å². The lowest BCUT2D eigenvalue weighted by molar-refractivity contribution is -0.145. The van der Waals surface area contributed by atoms with E-state index in [0.717, 1.165) is 42.4 Å². The molecule has 0 saturated heterocycles. The second-order valence-corrected chi connectivity index (χ2v) is 14.9. The van der Waals surface area contributed by atoms with Crippen molar-refractivity contribution in [2.75, 3.05) is 6.54 Å². The summed E-state index contributed by atoms with van der Waals surface area (Å²) >= 11 is 0. The van der Waals surface area contributed by atoms with Gasteiger partial charge in [-0.1, -0.05) is 94.3 Å². The molecule has 51 heavy (non-hydrogen) atoms. The smallest absolute Gasteiger partial charge is 0.326 e. The summed E-state index contributed by atoms with van der Waals surface area (Å²) < 4.78 is 12.1. The van der Waals surface area contributed by atoms with Crippen molar-refractivity contribution in [3.63, 3.8) is 0 Å². The van der Waals surface area contributed by atoms with Gasteiger partial charge in [-0.3, -0.25) is 9.59 Å². The Balaban J connectivity index is 1.18. The Hall–Kier alpha value is -5.11. The van der Waals surface area contributed by atoms with Crippen LogP contribution in [0.25, 0.3) is 0 Å². The first-order chi connectivity index (χ1) is 24.5. The number of carbonyl (C=O) groups is 3. The van der Waals surface area contributed by atoms with Gasteiger partial charge >= 0.3 is 5.97 Å². The van der Waals surface area contributed by atoms with E-state index < -0.39 is 24.0 Å².